The smallest absolute Gasteiger partial charge is 0.0646 e. The first kappa shape index (κ1) is 13.3. The maximum Gasteiger partial charge on any atom is 0.0646 e. The first-order chi connectivity index (χ1) is 8.65. The van der Waals surface area contributed by atoms with Crippen LogP contribution in [0.3, 0.4) is 0 Å². The molecule has 0 atom stereocenters. The summed E-state index contributed by atoms with van der Waals surface area (Å²) >= 11 is 3.40. The number of hydrogen-bond donors (Lipinski definition) is 1. The van der Waals surface area contributed by atoms with Crippen LogP contribution in [0.1, 0.15) is 19.4 Å². The van der Waals surface area contributed by atoms with Gasteiger partial charge in [0, 0.05) is 12.7 Å². The van der Waals surface area contributed by atoms with Crippen molar-refractivity contribution >= 4 is 15.9 Å². The van der Waals surface area contributed by atoms with Gasteiger partial charge in [-0.1, -0.05) is 26.0 Å². The van der Waals surface area contributed by atoms with Gasteiger partial charge in [0.15, 0.2) is 0 Å². The van der Waals surface area contributed by atoms with Crippen molar-refractivity contribution in [1.29, 1.82) is 0 Å². The zero-order valence-electron chi connectivity index (χ0n) is 10.7. The average Bonchev–Trinajstić information content (AvgIpc) is 2.76. The third-order valence-electron chi connectivity index (χ3n) is 2.63. The molecule has 0 amide bonds. The largest absolute Gasteiger partial charge is 0.312 e. The van der Waals surface area contributed by atoms with Gasteiger partial charge in [-0.15, -0.1) is 0 Å². The van der Waals surface area contributed by atoms with E-state index in [-0.39, 0.29) is 0 Å². The fourth-order valence-corrected chi connectivity index (χ4v) is 2.00. The molecule has 0 saturated carbocycles. The van der Waals surface area contributed by atoms with Gasteiger partial charge in [-0.2, -0.15) is 5.10 Å². The van der Waals surface area contributed by atoms with Gasteiger partial charge in [0.05, 0.1) is 16.4 Å². The van der Waals surface area contributed by atoms with Crippen LogP contribution in [-0.2, 0) is 6.54 Å². The Morgan fingerprint density at radius 2 is 2.00 bits per heavy atom. The maximum atomic E-state index is 4.26. The molecule has 0 aliphatic rings. The minimum absolute atomic E-state index is 0.686. The van der Waals surface area contributed by atoms with Crippen molar-refractivity contribution in [2.24, 2.45) is 5.92 Å². The Morgan fingerprint density at radius 1 is 1.28 bits per heavy atom. The summed E-state index contributed by atoms with van der Waals surface area (Å²) in [6.45, 7) is 6.40. The fourth-order valence-electron chi connectivity index (χ4n) is 1.71. The summed E-state index contributed by atoms with van der Waals surface area (Å²) < 4.78 is 2.85. The summed E-state index contributed by atoms with van der Waals surface area (Å²) in [6.07, 6.45) is 3.74. The molecule has 3 nitrogen and oxygen atoms in total. The van der Waals surface area contributed by atoms with E-state index in [1.807, 2.05) is 10.9 Å². The van der Waals surface area contributed by atoms with E-state index in [0.717, 1.165) is 23.2 Å². The molecule has 96 valence electrons. The van der Waals surface area contributed by atoms with E-state index in [9.17, 15) is 0 Å². The normalized spacial score (nSPS) is 11.1. The lowest BCUT2D eigenvalue weighted by atomic mass is 10.2. The molecule has 4 heteroatoms. The van der Waals surface area contributed by atoms with Gasteiger partial charge in [0.1, 0.15) is 0 Å². The number of aromatic nitrogens is 2. The summed E-state index contributed by atoms with van der Waals surface area (Å²) in [5, 5.41) is 7.69. The topological polar surface area (TPSA) is 29.9 Å². The molecule has 1 N–H and O–H groups in total. The summed E-state index contributed by atoms with van der Waals surface area (Å²) in [7, 11) is 0. The minimum atomic E-state index is 0.686. The van der Waals surface area contributed by atoms with Crippen LogP contribution in [0.15, 0.2) is 41.1 Å². The molecule has 0 bridgehead atoms. The number of halogens is 1. The van der Waals surface area contributed by atoms with E-state index >= 15 is 0 Å². The van der Waals surface area contributed by atoms with Gasteiger partial charge >= 0.3 is 0 Å². The molecule has 0 unspecified atom stereocenters. The molecule has 0 fully saturated rings. The van der Waals surface area contributed by atoms with Crippen molar-refractivity contribution in [3.05, 3.63) is 46.7 Å². The van der Waals surface area contributed by atoms with E-state index in [1.54, 1.807) is 6.20 Å². The van der Waals surface area contributed by atoms with Gasteiger partial charge in [0.25, 0.3) is 0 Å². The average molecular weight is 308 g/mol. The molecule has 0 radical (unpaired) electrons. The molecule has 1 heterocycles. The van der Waals surface area contributed by atoms with Crippen LogP contribution >= 0.6 is 15.9 Å². The lowest BCUT2D eigenvalue weighted by Gasteiger charge is -2.08. The lowest BCUT2D eigenvalue weighted by molar-refractivity contribution is 0.552. The van der Waals surface area contributed by atoms with Crippen molar-refractivity contribution in [3.8, 4) is 5.69 Å². The van der Waals surface area contributed by atoms with Crippen molar-refractivity contribution in [1.82, 2.24) is 15.1 Å². The Balaban J connectivity index is 1.97. The Morgan fingerprint density at radius 3 is 2.56 bits per heavy atom. The van der Waals surface area contributed by atoms with Crippen molar-refractivity contribution in [2.75, 3.05) is 6.54 Å². The molecular formula is C14H18BrN3. The zero-order valence-corrected chi connectivity index (χ0v) is 12.3. The highest BCUT2D eigenvalue weighted by Gasteiger charge is 1.99. The van der Waals surface area contributed by atoms with Gasteiger partial charge in [-0.25, -0.2) is 4.68 Å². The van der Waals surface area contributed by atoms with Gasteiger partial charge in [0.2, 0.25) is 0 Å². The Bertz CT molecular complexity index is 488. The SMILES string of the molecule is CC(C)CNCc1ccc(-n2cc(Br)cn2)cc1. The van der Waals surface area contributed by atoms with Crippen LogP contribution in [0.5, 0.6) is 0 Å². The number of hydrogen-bond acceptors (Lipinski definition) is 2. The quantitative estimate of drug-likeness (QED) is 0.917. The highest BCUT2D eigenvalue weighted by atomic mass is 79.9. The van der Waals surface area contributed by atoms with Crippen molar-refractivity contribution in [2.45, 2.75) is 20.4 Å². The van der Waals surface area contributed by atoms with Gasteiger partial charge in [-0.3, -0.25) is 0 Å². The second-order valence-corrected chi connectivity index (χ2v) is 5.71. The summed E-state index contributed by atoms with van der Waals surface area (Å²) in [5.74, 6) is 0.686. The lowest BCUT2D eigenvalue weighted by Crippen LogP contribution is -2.18. The Hall–Kier alpha value is -1.13. The van der Waals surface area contributed by atoms with Crippen LogP contribution in [0.2, 0.25) is 0 Å². The molecule has 2 rings (SSSR count). The summed E-state index contributed by atoms with van der Waals surface area (Å²) in [4.78, 5) is 0. The van der Waals surface area contributed by atoms with E-state index in [2.05, 4.69) is 64.5 Å². The number of nitrogens with zero attached hydrogens (tertiary/aromatic N) is 2. The summed E-state index contributed by atoms with van der Waals surface area (Å²) in [5.41, 5.74) is 2.37. The molecule has 2 aromatic rings. The second-order valence-electron chi connectivity index (χ2n) is 4.79. The van der Waals surface area contributed by atoms with Crippen molar-refractivity contribution < 1.29 is 0 Å². The minimum Gasteiger partial charge on any atom is -0.312 e. The van der Waals surface area contributed by atoms with E-state index in [4.69, 9.17) is 0 Å². The first-order valence-corrected chi connectivity index (χ1v) is 6.94. The molecular weight excluding hydrogens is 290 g/mol. The van der Waals surface area contributed by atoms with E-state index in [1.165, 1.54) is 5.56 Å². The number of benzene rings is 1. The van der Waals surface area contributed by atoms with Crippen molar-refractivity contribution in [3.63, 3.8) is 0 Å². The Labute approximate surface area is 116 Å². The molecule has 0 aliphatic heterocycles. The molecule has 0 saturated heterocycles. The first-order valence-electron chi connectivity index (χ1n) is 6.15. The predicted molar refractivity (Wildman–Crippen MR) is 77.8 cm³/mol. The second kappa shape index (κ2) is 6.16. The monoisotopic (exact) mass is 307 g/mol. The van der Waals surface area contributed by atoms with Gasteiger partial charge < -0.3 is 5.32 Å². The molecule has 18 heavy (non-hydrogen) atoms. The zero-order chi connectivity index (χ0) is 13.0. The van der Waals surface area contributed by atoms with Crippen LogP contribution in [0, 0.1) is 5.92 Å². The predicted octanol–water partition coefficient (Wildman–Crippen LogP) is 3.38. The standard InChI is InChI=1S/C14H18BrN3/c1-11(2)7-16-8-12-3-5-14(6-4-12)18-10-13(15)9-17-18/h3-6,9-11,16H,7-8H2,1-2H3. The highest BCUT2D eigenvalue weighted by Crippen LogP contribution is 2.13. The fraction of sp³-hybridized carbons (Fsp3) is 0.357. The molecule has 0 spiro atoms. The summed E-state index contributed by atoms with van der Waals surface area (Å²) in [6, 6.07) is 8.45. The van der Waals surface area contributed by atoms with Gasteiger partial charge in [-0.05, 0) is 46.1 Å². The number of nitrogens with one attached hydrogen (secondary N) is 1. The third kappa shape index (κ3) is 3.68. The van der Waals surface area contributed by atoms with Crippen LogP contribution in [0.4, 0.5) is 0 Å². The molecule has 1 aromatic carbocycles. The molecule has 1 aromatic heterocycles. The van der Waals surface area contributed by atoms with E-state index < -0.39 is 0 Å². The third-order valence-corrected chi connectivity index (χ3v) is 3.04. The maximum absolute atomic E-state index is 4.26. The molecule has 0 aliphatic carbocycles. The Kier molecular flexibility index (Phi) is 4.55. The van der Waals surface area contributed by atoms with Crippen LogP contribution < -0.4 is 5.32 Å². The number of rotatable bonds is 5. The van der Waals surface area contributed by atoms with Crippen LogP contribution in [-0.4, -0.2) is 16.3 Å². The van der Waals surface area contributed by atoms with Crippen LogP contribution in [0.25, 0.3) is 5.69 Å². The highest BCUT2D eigenvalue weighted by molar-refractivity contribution is 9.10. The van der Waals surface area contributed by atoms with E-state index in [0.29, 0.717) is 5.92 Å².